The Balaban J connectivity index is 1.44. The van der Waals surface area contributed by atoms with Crippen molar-refractivity contribution in [2.24, 2.45) is 0 Å². The Morgan fingerprint density at radius 1 is 1.14 bits per heavy atom. The number of hydrogen-bond donors (Lipinski definition) is 1. The van der Waals surface area contributed by atoms with Gasteiger partial charge >= 0.3 is 0 Å². The number of hydrogen-bond acceptors (Lipinski definition) is 5. The average Bonchev–Trinajstić information content (AvgIpc) is 2.73. The molecule has 2 heterocycles. The molecule has 0 radical (unpaired) electrons. The molecule has 1 aliphatic heterocycles. The largest absolute Gasteiger partial charge is 0.494 e. The fourth-order valence-electron chi connectivity index (χ4n) is 3.29. The van der Waals surface area contributed by atoms with Gasteiger partial charge < -0.3 is 19.9 Å². The average molecular weight is 383 g/mol. The second-order valence-electron chi connectivity index (χ2n) is 7.13. The number of para-hydroxylation sites is 1. The van der Waals surface area contributed by atoms with Gasteiger partial charge in [-0.1, -0.05) is 24.3 Å². The fourth-order valence-corrected chi connectivity index (χ4v) is 3.29. The van der Waals surface area contributed by atoms with Crippen molar-refractivity contribution in [1.82, 2.24) is 15.2 Å². The van der Waals surface area contributed by atoms with Crippen molar-refractivity contribution < 1.29 is 9.53 Å². The highest BCUT2D eigenvalue weighted by atomic mass is 16.5. The van der Waals surface area contributed by atoms with E-state index in [9.17, 15) is 4.79 Å². The number of amides is 1. The van der Waals surface area contributed by atoms with Crippen LogP contribution in [0.5, 0.6) is 5.75 Å². The number of pyridine rings is 1. The summed E-state index contributed by atoms with van der Waals surface area (Å²) in [5.74, 6) is 1.91. The van der Waals surface area contributed by atoms with Crippen LogP contribution in [0.15, 0.2) is 42.6 Å². The number of anilines is 1. The minimum absolute atomic E-state index is 0.0365. The van der Waals surface area contributed by atoms with E-state index in [2.05, 4.69) is 27.1 Å². The molecular formula is C22H30N4O2. The molecule has 1 aromatic heterocycles. The van der Waals surface area contributed by atoms with Crippen molar-refractivity contribution in [3.8, 4) is 5.75 Å². The third-order valence-corrected chi connectivity index (χ3v) is 5.02. The maximum Gasteiger partial charge on any atom is 0.220 e. The van der Waals surface area contributed by atoms with Gasteiger partial charge in [-0.05, 0) is 43.7 Å². The van der Waals surface area contributed by atoms with Crippen LogP contribution in [0, 0.1) is 0 Å². The maximum atomic E-state index is 12.2. The summed E-state index contributed by atoms with van der Waals surface area (Å²) in [7, 11) is 2.14. The highest BCUT2D eigenvalue weighted by Gasteiger charge is 2.15. The lowest BCUT2D eigenvalue weighted by atomic mass is 10.1. The van der Waals surface area contributed by atoms with Crippen molar-refractivity contribution in [2.75, 3.05) is 44.7 Å². The van der Waals surface area contributed by atoms with Crippen LogP contribution in [0.4, 0.5) is 5.82 Å². The van der Waals surface area contributed by atoms with Crippen molar-refractivity contribution in [3.05, 3.63) is 53.7 Å². The van der Waals surface area contributed by atoms with Crippen molar-refractivity contribution in [2.45, 2.75) is 26.3 Å². The Hall–Kier alpha value is -2.60. The molecule has 1 amide bonds. The van der Waals surface area contributed by atoms with E-state index in [1.807, 2.05) is 49.5 Å². The maximum absolute atomic E-state index is 12.2. The zero-order valence-electron chi connectivity index (χ0n) is 16.9. The fraction of sp³-hybridized carbons (Fsp3) is 0.455. The Labute approximate surface area is 167 Å². The van der Waals surface area contributed by atoms with Crippen LogP contribution < -0.4 is 15.0 Å². The van der Waals surface area contributed by atoms with Crippen molar-refractivity contribution >= 4 is 11.7 Å². The molecule has 0 atom stereocenters. The molecule has 1 fully saturated rings. The Kier molecular flexibility index (Phi) is 7.25. The second kappa shape index (κ2) is 10.1. The zero-order chi connectivity index (χ0) is 19.8. The standard InChI is InChI=1S/C22H30N4O2/c1-3-28-20-7-5-4-6-19(20)9-11-22(27)24-17-18-8-10-21(23-16-18)26-14-12-25(2)13-15-26/h4-8,10,16H,3,9,11-15,17H2,1-2H3,(H,24,27). The molecule has 6 nitrogen and oxygen atoms in total. The Bertz CT molecular complexity index is 755. The summed E-state index contributed by atoms with van der Waals surface area (Å²) >= 11 is 0. The molecule has 28 heavy (non-hydrogen) atoms. The SMILES string of the molecule is CCOc1ccccc1CCC(=O)NCc1ccc(N2CCN(C)CC2)nc1. The Morgan fingerprint density at radius 3 is 2.64 bits per heavy atom. The van der Waals surface area contributed by atoms with Gasteiger partial charge in [0.2, 0.25) is 5.91 Å². The Morgan fingerprint density at radius 2 is 1.93 bits per heavy atom. The van der Waals surface area contributed by atoms with E-state index in [-0.39, 0.29) is 5.91 Å². The number of ether oxygens (including phenoxy) is 1. The topological polar surface area (TPSA) is 57.7 Å². The summed E-state index contributed by atoms with van der Waals surface area (Å²) in [6.07, 6.45) is 2.97. The first-order valence-corrected chi connectivity index (χ1v) is 10.0. The van der Waals surface area contributed by atoms with E-state index >= 15 is 0 Å². The van der Waals surface area contributed by atoms with Crippen LogP contribution >= 0.6 is 0 Å². The number of carbonyl (C=O) groups excluding carboxylic acids is 1. The molecular weight excluding hydrogens is 352 g/mol. The first kappa shape index (κ1) is 20.1. The molecule has 0 saturated carbocycles. The molecule has 0 unspecified atom stereocenters. The number of aromatic nitrogens is 1. The second-order valence-corrected chi connectivity index (χ2v) is 7.13. The predicted molar refractivity (Wildman–Crippen MR) is 112 cm³/mol. The van der Waals surface area contributed by atoms with Crippen LogP contribution in [0.1, 0.15) is 24.5 Å². The lowest BCUT2D eigenvalue weighted by Gasteiger charge is -2.33. The van der Waals surface area contributed by atoms with Crippen LogP contribution in [-0.2, 0) is 17.8 Å². The summed E-state index contributed by atoms with van der Waals surface area (Å²) in [6.45, 7) is 7.22. The van der Waals surface area contributed by atoms with Gasteiger partial charge in [0.05, 0.1) is 6.61 Å². The number of aryl methyl sites for hydroxylation is 1. The van der Waals surface area contributed by atoms with Gasteiger partial charge in [0.1, 0.15) is 11.6 Å². The van der Waals surface area contributed by atoms with E-state index in [1.165, 1.54) is 0 Å². The highest BCUT2D eigenvalue weighted by Crippen LogP contribution is 2.19. The molecule has 3 rings (SSSR count). The van der Waals surface area contributed by atoms with E-state index in [4.69, 9.17) is 4.74 Å². The lowest BCUT2D eigenvalue weighted by Crippen LogP contribution is -2.44. The van der Waals surface area contributed by atoms with E-state index in [1.54, 1.807) is 0 Å². The summed E-state index contributed by atoms with van der Waals surface area (Å²) in [6, 6.07) is 12.0. The quantitative estimate of drug-likeness (QED) is 0.760. The van der Waals surface area contributed by atoms with Crippen LogP contribution in [0.25, 0.3) is 0 Å². The van der Waals surface area contributed by atoms with Gasteiger partial charge in [0, 0.05) is 45.3 Å². The van der Waals surface area contributed by atoms with E-state index < -0.39 is 0 Å². The number of nitrogens with one attached hydrogen (secondary N) is 1. The predicted octanol–water partition coefficient (Wildman–Crippen LogP) is 2.48. The highest BCUT2D eigenvalue weighted by molar-refractivity contribution is 5.76. The van der Waals surface area contributed by atoms with Crippen molar-refractivity contribution in [1.29, 1.82) is 0 Å². The van der Waals surface area contributed by atoms with Crippen LogP contribution in [0.2, 0.25) is 0 Å². The molecule has 6 heteroatoms. The molecule has 1 N–H and O–H groups in total. The van der Waals surface area contributed by atoms with E-state index in [0.29, 0.717) is 26.0 Å². The van der Waals surface area contributed by atoms with Gasteiger partial charge in [-0.3, -0.25) is 4.79 Å². The molecule has 150 valence electrons. The first-order chi connectivity index (χ1) is 13.7. The van der Waals surface area contributed by atoms with Crippen LogP contribution in [-0.4, -0.2) is 55.6 Å². The van der Waals surface area contributed by atoms with Crippen molar-refractivity contribution in [3.63, 3.8) is 0 Å². The molecule has 1 aliphatic rings. The monoisotopic (exact) mass is 382 g/mol. The van der Waals surface area contributed by atoms with Crippen LogP contribution in [0.3, 0.4) is 0 Å². The zero-order valence-corrected chi connectivity index (χ0v) is 16.9. The summed E-state index contributed by atoms with van der Waals surface area (Å²) in [5, 5.41) is 2.99. The van der Waals surface area contributed by atoms with Gasteiger partial charge in [0.15, 0.2) is 0 Å². The molecule has 2 aromatic rings. The van der Waals surface area contributed by atoms with Gasteiger partial charge in [0.25, 0.3) is 0 Å². The number of rotatable bonds is 8. The van der Waals surface area contributed by atoms with Gasteiger partial charge in [-0.25, -0.2) is 4.98 Å². The number of carbonyl (C=O) groups is 1. The van der Waals surface area contributed by atoms with Gasteiger partial charge in [-0.15, -0.1) is 0 Å². The third kappa shape index (κ3) is 5.70. The molecule has 1 saturated heterocycles. The molecule has 1 aromatic carbocycles. The molecule has 0 aliphatic carbocycles. The minimum Gasteiger partial charge on any atom is -0.494 e. The molecule has 0 spiro atoms. The number of likely N-dealkylation sites (N-methyl/N-ethyl adjacent to an activating group) is 1. The third-order valence-electron chi connectivity index (χ3n) is 5.02. The number of nitrogens with zero attached hydrogens (tertiary/aromatic N) is 3. The first-order valence-electron chi connectivity index (χ1n) is 10.0. The van der Waals surface area contributed by atoms with Gasteiger partial charge in [-0.2, -0.15) is 0 Å². The number of piperazine rings is 1. The molecule has 0 bridgehead atoms. The number of benzene rings is 1. The lowest BCUT2D eigenvalue weighted by molar-refractivity contribution is -0.121. The summed E-state index contributed by atoms with van der Waals surface area (Å²) < 4.78 is 5.62. The minimum atomic E-state index is 0.0365. The smallest absolute Gasteiger partial charge is 0.220 e. The summed E-state index contributed by atoms with van der Waals surface area (Å²) in [4.78, 5) is 21.4. The summed E-state index contributed by atoms with van der Waals surface area (Å²) in [5.41, 5.74) is 2.08. The van der Waals surface area contributed by atoms with E-state index in [0.717, 1.165) is 48.9 Å². The normalized spacial score (nSPS) is 14.7.